The van der Waals surface area contributed by atoms with Gasteiger partial charge in [0.05, 0.1) is 11.3 Å². The van der Waals surface area contributed by atoms with Gasteiger partial charge in [0.15, 0.2) is 23.1 Å². The van der Waals surface area contributed by atoms with Gasteiger partial charge in [-0.3, -0.25) is 14.9 Å². The number of anilines is 1. The van der Waals surface area contributed by atoms with Gasteiger partial charge in [-0.25, -0.2) is 10.2 Å². The van der Waals surface area contributed by atoms with Crippen molar-refractivity contribution in [3.8, 4) is 33.9 Å². The monoisotopic (exact) mass is 469 g/mol. The van der Waals surface area contributed by atoms with Crippen LogP contribution in [0.2, 0.25) is 0 Å². The number of allylic oxidation sites excluding steroid dienone is 3. The van der Waals surface area contributed by atoms with Crippen LogP contribution < -0.4 is 20.7 Å². The Bertz CT molecular complexity index is 1430. The number of aromatic amines is 1. The molecule has 0 spiro atoms. The van der Waals surface area contributed by atoms with Crippen molar-refractivity contribution in [1.29, 1.82) is 0 Å². The molecule has 4 aromatic rings. The molecule has 0 radical (unpaired) electrons. The van der Waals surface area contributed by atoms with Crippen molar-refractivity contribution in [2.45, 2.75) is 0 Å². The molecule has 35 heavy (non-hydrogen) atoms. The first-order chi connectivity index (χ1) is 17.1. The van der Waals surface area contributed by atoms with E-state index in [2.05, 4.69) is 20.6 Å². The highest BCUT2D eigenvalue weighted by Gasteiger charge is 2.16. The van der Waals surface area contributed by atoms with Gasteiger partial charge >= 0.3 is 0 Å². The second-order valence-electron chi connectivity index (χ2n) is 7.62. The lowest BCUT2D eigenvalue weighted by atomic mass is 9.98. The summed E-state index contributed by atoms with van der Waals surface area (Å²) in [6.45, 7) is 0.272. The molecule has 2 aliphatic rings. The number of benzene rings is 2. The number of pyridine rings is 1. The number of halogens is 1. The smallest absolute Gasteiger partial charge is 0.231 e. The average molecular weight is 469 g/mol. The number of fused-ring (bicyclic) bond motifs is 1. The van der Waals surface area contributed by atoms with Crippen molar-refractivity contribution in [2.75, 3.05) is 12.2 Å². The normalized spacial score (nSPS) is 14.3. The molecule has 0 bridgehead atoms. The van der Waals surface area contributed by atoms with Crippen LogP contribution >= 0.6 is 0 Å². The zero-order valence-corrected chi connectivity index (χ0v) is 18.4. The molecule has 6 rings (SSSR count). The maximum atomic E-state index is 13.0. The Hall–Kier alpha value is -4.76. The molecule has 4 N–H and O–H groups in total. The third-order valence-electron chi connectivity index (χ3n) is 5.42. The summed E-state index contributed by atoms with van der Waals surface area (Å²) in [5, 5.41) is 7.06. The van der Waals surface area contributed by atoms with Crippen molar-refractivity contribution >= 4 is 17.7 Å². The number of rotatable bonds is 4. The highest BCUT2D eigenvalue weighted by molar-refractivity contribution is 6.16. The Kier molecular flexibility index (Phi) is 6.06. The number of hydrogen-bond acceptors (Lipinski definition) is 7. The molecular weight excluding hydrogens is 449 g/mol. The Labute approximate surface area is 199 Å². The molecule has 2 aromatic heterocycles. The fraction of sp³-hybridized carbons (Fsp3) is 0.0385. The minimum atomic E-state index is -0.282. The molecule has 0 atom stereocenters. The van der Waals surface area contributed by atoms with Crippen LogP contribution in [-0.4, -0.2) is 27.8 Å². The van der Waals surface area contributed by atoms with E-state index in [4.69, 9.17) is 15.3 Å². The van der Waals surface area contributed by atoms with Gasteiger partial charge in [-0.1, -0.05) is 6.07 Å². The number of hydrogen-bond donors (Lipinski definition) is 3. The molecule has 0 fully saturated rings. The number of aromatic nitrogens is 3. The molecule has 0 saturated heterocycles. The van der Waals surface area contributed by atoms with Crippen molar-refractivity contribution in [1.82, 2.24) is 15.2 Å². The third-order valence-corrected chi connectivity index (χ3v) is 5.42. The third kappa shape index (κ3) is 4.66. The first kappa shape index (κ1) is 22.1. The molecule has 0 amide bonds. The predicted molar refractivity (Wildman–Crippen MR) is 130 cm³/mol. The lowest BCUT2D eigenvalue weighted by Crippen LogP contribution is -2.08. The van der Waals surface area contributed by atoms with Gasteiger partial charge < -0.3 is 14.9 Å². The number of nitrogens with two attached hydrogens (primary N) is 1. The summed E-state index contributed by atoms with van der Waals surface area (Å²) < 4.78 is 23.5. The Balaban J connectivity index is 0.000000151. The molecule has 3 heterocycles. The number of nitrogen functional groups attached to an aromatic ring is 1. The van der Waals surface area contributed by atoms with E-state index in [9.17, 15) is 9.18 Å². The second-order valence-corrected chi connectivity index (χ2v) is 7.62. The van der Waals surface area contributed by atoms with Crippen LogP contribution in [0.25, 0.3) is 28.5 Å². The topological polar surface area (TPSA) is 115 Å². The molecule has 9 heteroatoms. The van der Waals surface area contributed by atoms with E-state index >= 15 is 0 Å². The van der Waals surface area contributed by atoms with E-state index in [-0.39, 0.29) is 18.4 Å². The zero-order chi connectivity index (χ0) is 24.2. The summed E-state index contributed by atoms with van der Waals surface area (Å²) in [5.74, 6) is 7.31. The summed E-state index contributed by atoms with van der Waals surface area (Å²) in [4.78, 5) is 15.1. The Morgan fingerprint density at radius 2 is 1.74 bits per heavy atom. The van der Waals surface area contributed by atoms with E-state index in [1.54, 1.807) is 36.7 Å². The van der Waals surface area contributed by atoms with E-state index < -0.39 is 0 Å². The van der Waals surface area contributed by atoms with Crippen LogP contribution in [0.15, 0.2) is 84.7 Å². The van der Waals surface area contributed by atoms with Crippen molar-refractivity contribution in [2.24, 2.45) is 5.84 Å². The quantitative estimate of drug-likeness (QED) is 0.229. The number of H-pyrrole nitrogens is 1. The highest BCUT2D eigenvalue weighted by atomic mass is 19.1. The summed E-state index contributed by atoms with van der Waals surface area (Å²) in [6, 6.07) is 15.5. The van der Waals surface area contributed by atoms with Gasteiger partial charge in [0.25, 0.3) is 0 Å². The molecule has 0 saturated carbocycles. The fourth-order valence-electron chi connectivity index (χ4n) is 3.62. The molecule has 1 aliphatic carbocycles. The minimum absolute atomic E-state index is 0.0765. The van der Waals surface area contributed by atoms with Gasteiger partial charge in [-0.15, -0.1) is 0 Å². The molecule has 2 aromatic carbocycles. The van der Waals surface area contributed by atoms with Crippen molar-refractivity contribution < 1.29 is 18.7 Å². The minimum Gasteiger partial charge on any atom is -0.454 e. The zero-order valence-electron chi connectivity index (χ0n) is 18.4. The van der Waals surface area contributed by atoms with Gasteiger partial charge in [-0.2, -0.15) is 5.10 Å². The SMILES string of the molecule is NNc1n[nH]c(-c2ccc(F)cc2)c1-c1ccncc1.O=C1C=CC1=Cc1ccc2c(c1)OCO2. The van der Waals surface area contributed by atoms with Crippen molar-refractivity contribution in [3.63, 3.8) is 0 Å². The van der Waals surface area contributed by atoms with Crippen LogP contribution in [0.1, 0.15) is 5.56 Å². The lowest BCUT2D eigenvalue weighted by molar-refractivity contribution is -0.111. The number of nitrogens with zero attached hydrogens (tertiary/aromatic N) is 2. The molecule has 174 valence electrons. The van der Waals surface area contributed by atoms with E-state index in [0.717, 1.165) is 45.0 Å². The van der Waals surface area contributed by atoms with Crippen LogP contribution in [-0.2, 0) is 4.79 Å². The molecular formula is C26H20FN5O3. The summed E-state index contributed by atoms with van der Waals surface area (Å²) >= 11 is 0. The van der Waals surface area contributed by atoms with Gasteiger partial charge in [0, 0.05) is 23.5 Å². The maximum Gasteiger partial charge on any atom is 0.231 e. The van der Waals surface area contributed by atoms with E-state index in [0.29, 0.717) is 5.82 Å². The van der Waals surface area contributed by atoms with Gasteiger partial charge in [0.1, 0.15) is 5.82 Å². The van der Waals surface area contributed by atoms with Crippen LogP contribution in [0.5, 0.6) is 11.5 Å². The number of ether oxygens (including phenoxy) is 2. The van der Waals surface area contributed by atoms with Crippen molar-refractivity contribution in [3.05, 3.63) is 96.1 Å². The van der Waals surface area contributed by atoms with E-state index in [1.807, 2.05) is 36.4 Å². The summed E-state index contributed by atoms with van der Waals surface area (Å²) in [5.41, 5.74) is 7.57. The van der Waals surface area contributed by atoms with E-state index in [1.165, 1.54) is 12.1 Å². The maximum absolute atomic E-state index is 13.0. The summed E-state index contributed by atoms with van der Waals surface area (Å²) in [6.07, 6.45) is 8.57. The average Bonchev–Trinajstić information content (AvgIpc) is 3.54. The Morgan fingerprint density at radius 1 is 0.971 bits per heavy atom. The molecule has 0 unspecified atom stereocenters. The number of carbonyl (C=O) groups is 1. The molecule has 8 nitrogen and oxygen atoms in total. The van der Waals surface area contributed by atoms with Crippen LogP contribution in [0.4, 0.5) is 10.2 Å². The first-order valence-corrected chi connectivity index (χ1v) is 10.7. The lowest BCUT2D eigenvalue weighted by Gasteiger charge is -2.05. The number of carbonyl (C=O) groups excluding carboxylic acids is 1. The second kappa shape index (κ2) is 9.62. The summed E-state index contributed by atoms with van der Waals surface area (Å²) in [7, 11) is 0. The van der Waals surface area contributed by atoms with Gasteiger partial charge in [-0.05, 0) is 77.9 Å². The predicted octanol–water partition coefficient (Wildman–Crippen LogP) is 4.50. The van der Waals surface area contributed by atoms with Gasteiger partial charge in [0.2, 0.25) is 6.79 Å². The van der Waals surface area contributed by atoms with Crippen LogP contribution in [0.3, 0.4) is 0 Å². The van der Waals surface area contributed by atoms with Crippen LogP contribution in [0, 0.1) is 5.82 Å². The first-order valence-electron chi connectivity index (χ1n) is 10.7. The standard InChI is InChI=1S/C14H12FN5.C12H8O3/c15-11-3-1-10(2-4-11)13-12(14(18-16)20-19-13)9-5-7-17-8-6-9;13-10-3-2-9(10)5-8-1-4-11-12(6-8)15-7-14-11/h1-8H,16H2,(H2,18,19,20);1-6H,7H2. The Morgan fingerprint density at radius 3 is 2.43 bits per heavy atom. The number of hydrazine groups is 1. The fourth-order valence-corrected chi connectivity index (χ4v) is 3.62. The number of ketones is 1. The molecule has 1 aliphatic heterocycles. The largest absolute Gasteiger partial charge is 0.454 e. The number of nitrogens with one attached hydrogen (secondary N) is 2. The highest BCUT2D eigenvalue weighted by Crippen LogP contribution is 2.35.